The number of carbonyl (C=O) groups excluding carboxylic acids is 1. The Bertz CT molecular complexity index is 1860. The molecule has 12 heteroatoms. The zero-order chi connectivity index (χ0) is 33.0. The SMILES string of the molecule is COc1ccc(-c2nn(Cc3ccccc3Cl)cc2C=NNC(=O)C2CCN(S(=O)(=O)c3c(C)cc(C)cc3C)CC2)cc1OC. The third kappa shape index (κ3) is 7.11. The van der Waals surface area contributed by atoms with Crippen molar-refractivity contribution in [3.63, 3.8) is 0 Å². The van der Waals surface area contributed by atoms with Crippen LogP contribution in [0.4, 0.5) is 0 Å². The molecule has 0 unspecified atom stereocenters. The van der Waals surface area contributed by atoms with Gasteiger partial charge in [0.25, 0.3) is 0 Å². The third-order valence-corrected chi connectivity index (χ3v) is 10.7. The van der Waals surface area contributed by atoms with Gasteiger partial charge in [-0.2, -0.15) is 14.5 Å². The van der Waals surface area contributed by atoms with Crippen LogP contribution in [0.15, 0.2) is 70.8 Å². The van der Waals surface area contributed by atoms with Crippen molar-refractivity contribution in [1.82, 2.24) is 19.5 Å². The first-order valence-corrected chi connectivity index (χ1v) is 16.8. The Labute approximate surface area is 275 Å². The number of aromatic nitrogens is 2. The van der Waals surface area contributed by atoms with Gasteiger partial charge in [-0.05, 0) is 74.6 Å². The summed E-state index contributed by atoms with van der Waals surface area (Å²) in [5.41, 5.74) is 8.12. The fraction of sp³-hybridized carbons (Fsp3) is 0.324. The molecule has 1 amide bonds. The number of ether oxygens (including phenoxy) is 2. The Kier molecular flexibility index (Phi) is 10.1. The number of nitrogens with one attached hydrogen (secondary N) is 1. The maximum Gasteiger partial charge on any atom is 0.243 e. The van der Waals surface area contributed by atoms with Gasteiger partial charge in [0.05, 0.1) is 31.9 Å². The quantitative estimate of drug-likeness (QED) is 0.171. The average Bonchev–Trinajstić information content (AvgIpc) is 3.43. The minimum atomic E-state index is -3.67. The van der Waals surface area contributed by atoms with Crippen LogP contribution in [0.3, 0.4) is 0 Å². The minimum Gasteiger partial charge on any atom is -0.493 e. The molecule has 1 fully saturated rings. The van der Waals surface area contributed by atoms with Gasteiger partial charge in [0, 0.05) is 41.4 Å². The van der Waals surface area contributed by atoms with E-state index in [9.17, 15) is 13.2 Å². The van der Waals surface area contributed by atoms with Crippen molar-refractivity contribution in [1.29, 1.82) is 0 Å². The lowest BCUT2D eigenvalue weighted by Gasteiger charge is -2.31. The van der Waals surface area contributed by atoms with Gasteiger partial charge in [-0.25, -0.2) is 13.8 Å². The van der Waals surface area contributed by atoms with E-state index < -0.39 is 10.0 Å². The Morgan fingerprint density at radius 3 is 2.35 bits per heavy atom. The predicted molar refractivity (Wildman–Crippen MR) is 179 cm³/mol. The lowest BCUT2D eigenvalue weighted by atomic mass is 9.98. The fourth-order valence-corrected chi connectivity index (χ4v) is 8.02. The highest BCUT2D eigenvalue weighted by Gasteiger charge is 2.33. The number of methoxy groups -OCH3 is 2. The number of sulfonamides is 1. The molecular formula is C34H38ClN5O5S. The molecule has 5 rings (SSSR count). The normalized spacial score (nSPS) is 14.5. The zero-order valence-corrected chi connectivity index (χ0v) is 28.2. The molecule has 3 aromatic carbocycles. The molecule has 0 spiro atoms. The highest BCUT2D eigenvalue weighted by Crippen LogP contribution is 2.33. The first-order chi connectivity index (χ1) is 22.0. The monoisotopic (exact) mass is 663 g/mol. The van der Waals surface area contributed by atoms with Crippen molar-refractivity contribution < 1.29 is 22.7 Å². The Hall–Kier alpha value is -4.19. The van der Waals surface area contributed by atoms with Crippen LogP contribution in [-0.4, -0.2) is 61.9 Å². The van der Waals surface area contributed by atoms with Crippen LogP contribution < -0.4 is 14.9 Å². The lowest BCUT2D eigenvalue weighted by Crippen LogP contribution is -2.42. The van der Waals surface area contributed by atoms with Gasteiger partial charge in [0.15, 0.2) is 11.5 Å². The highest BCUT2D eigenvalue weighted by molar-refractivity contribution is 7.89. The van der Waals surface area contributed by atoms with Crippen molar-refractivity contribution in [3.8, 4) is 22.8 Å². The Balaban J connectivity index is 1.30. The Morgan fingerprint density at radius 1 is 1.02 bits per heavy atom. The van der Waals surface area contributed by atoms with Crippen molar-refractivity contribution in [2.75, 3.05) is 27.3 Å². The second kappa shape index (κ2) is 14.1. The van der Waals surface area contributed by atoms with Crippen LogP contribution in [0, 0.1) is 26.7 Å². The van der Waals surface area contributed by atoms with E-state index in [1.165, 1.54) is 4.31 Å². The number of hydrogen-bond acceptors (Lipinski definition) is 7. The summed E-state index contributed by atoms with van der Waals surface area (Å²) in [5, 5.41) is 9.71. The summed E-state index contributed by atoms with van der Waals surface area (Å²) in [4.78, 5) is 13.4. The van der Waals surface area contributed by atoms with E-state index in [4.69, 9.17) is 26.2 Å². The number of hydrazone groups is 1. The van der Waals surface area contributed by atoms with Crippen LogP contribution >= 0.6 is 11.6 Å². The summed E-state index contributed by atoms with van der Waals surface area (Å²) in [6.07, 6.45) is 4.19. The van der Waals surface area contributed by atoms with Crippen LogP contribution in [0.25, 0.3) is 11.3 Å². The summed E-state index contributed by atoms with van der Waals surface area (Å²) >= 11 is 6.41. The first kappa shape index (κ1) is 33.2. The molecule has 1 aliphatic rings. The predicted octanol–water partition coefficient (Wildman–Crippen LogP) is 5.75. The largest absolute Gasteiger partial charge is 0.493 e. The molecule has 0 atom stereocenters. The Morgan fingerprint density at radius 2 is 1.70 bits per heavy atom. The fourth-order valence-electron chi connectivity index (χ4n) is 5.94. The van der Waals surface area contributed by atoms with Gasteiger partial charge in [-0.15, -0.1) is 0 Å². The van der Waals surface area contributed by atoms with E-state index in [1.807, 2.05) is 75.5 Å². The number of amides is 1. The molecule has 10 nitrogen and oxygen atoms in total. The van der Waals surface area contributed by atoms with E-state index in [0.29, 0.717) is 52.1 Å². The van der Waals surface area contributed by atoms with Gasteiger partial charge in [0.2, 0.25) is 15.9 Å². The molecule has 0 radical (unpaired) electrons. The van der Waals surface area contributed by atoms with E-state index >= 15 is 0 Å². The maximum atomic E-state index is 13.5. The number of halogens is 1. The van der Waals surface area contributed by atoms with E-state index in [2.05, 4.69) is 10.5 Å². The topological polar surface area (TPSA) is 115 Å². The van der Waals surface area contributed by atoms with Gasteiger partial charge in [-0.1, -0.05) is 47.5 Å². The molecular weight excluding hydrogens is 626 g/mol. The summed E-state index contributed by atoms with van der Waals surface area (Å²) in [7, 11) is -0.524. The van der Waals surface area contributed by atoms with Crippen LogP contribution in [0.1, 0.15) is 40.7 Å². The zero-order valence-electron chi connectivity index (χ0n) is 26.6. The smallest absolute Gasteiger partial charge is 0.243 e. The minimum absolute atomic E-state index is 0.257. The van der Waals surface area contributed by atoms with Gasteiger partial charge in [0.1, 0.15) is 5.69 Å². The van der Waals surface area contributed by atoms with Crippen LogP contribution in [0.5, 0.6) is 11.5 Å². The molecule has 1 N–H and O–H groups in total. The van der Waals surface area contributed by atoms with Crippen LogP contribution in [-0.2, 0) is 21.4 Å². The third-order valence-electron chi connectivity index (χ3n) is 8.14. The lowest BCUT2D eigenvalue weighted by molar-refractivity contribution is -0.126. The molecule has 0 bridgehead atoms. The number of aryl methyl sites for hydroxylation is 3. The highest BCUT2D eigenvalue weighted by atomic mass is 35.5. The molecule has 4 aromatic rings. The van der Waals surface area contributed by atoms with E-state index in [1.54, 1.807) is 31.2 Å². The second-order valence-corrected chi connectivity index (χ2v) is 13.7. The summed E-state index contributed by atoms with van der Waals surface area (Å²) < 4.78 is 41.1. The molecule has 0 aliphatic carbocycles. The van der Waals surface area contributed by atoms with Crippen molar-refractivity contribution in [2.45, 2.75) is 45.1 Å². The maximum absolute atomic E-state index is 13.5. The van der Waals surface area contributed by atoms with Gasteiger partial charge < -0.3 is 9.47 Å². The van der Waals surface area contributed by atoms with Crippen molar-refractivity contribution in [2.24, 2.45) is 11.0 Å². The first-order valence-electron chi connectivity index (χ1n) is 15.0. The number of piperidine rings is 1. The number of carbonyl (C=O) groups is 1. The number of hydrogen-bond donors (Lipinski definition) is 1. The van der Waals surface area contributed by atoms with Gasteiger partial charge in [-0.3, -0.25) is 9.48 Å². The summed E-state index contributed by atoms with van der Waals surface area (Å²) in [5.74, 6) is 0.523. The molecule has 242 valence electrons. The summed E-state index contributed by atoms with van der Waals surface area (Å²) in [6, 6.07) is 16.8. The molecule has 1 aliphatic heterocycles. The van der Waals surface area contributed by atoms with E-state index in [0.717, 1.165) is 27.8 Å². The molecule has 2 heterocycles. The molecule has 46 heavy (non-hydrogen) atoms. The van der Waals surface area contributed by atoms with Crippen LogP contribution in [0.2, 0.25) is 5.02 Å². The standard InChI is InChI=1S/C34H38ClN5O5S/c1-22-16-23(2)33(24(3)17-22)46(42,43)40-14-12-25(13-15-40)34(41)37-36-19-28-21-39(20-27-8-6-7-9-29(27)35)38-32(28)26-10-11-30(44-4)31(18-26)45-5/h6-11,16-19,21,25H,12-15,20H2,1-5H3,(H,37,41). The number of benzene rings is 3. The average molecular weight is 664 g/mol. The number of rotatable bonds is 10. The second-order valence-electron chi connectivity index (χ2n) is 11.4. The molecule has 1 saturated heterocycles. The molecule has 0 saturated carbocycles. The van der Waals surface area contributed by atoms with Gasteiger partial charge >= 0.3 is 0 Å². The molecule has 1 aromatic heterocycles. The van der Waals surface area contributed by atoms with Crippen molar-refractivity contribution in [3.05, 3.63) is 93.6 Å². The van der Waals surface area contributed by atoms with Crippen molar-refractivity contribution >= 4 is 33.7 Å². The van der Waals surface area contributed by atoms with E-state index in [-0.39, 0.29) is 24.9 Å². The number of nitrogens with zero attached hydrogens (tertiary/aromatic N) is 4. The summed E-state index contributed by atoms with van der Waals surface area (Å²) in [6.45, 7) is 6.55.